The number of nitrogens with two attached hydrogens (primary N) is 1. The molecule has 1 saturated carbocycles. The lowest BCUT2D eigenvalue weighted by atomic mass is 9.92. The van der Waals surface area contributed by atoms with E-state index in [0.717, 1.165) is 19.3 Å². The number of carbonyl (C=O) groups excluding carboxylic acids is 4. The third kappa shape index (κ3) is 9.37. The number of rotatable bonds is 11. The maximum absolute atomic E-state index is 12.1. The molecule has 0 radical (unpaired) electrons. The lowest BCUT2D eigenvalue weighted by Crippen LogP contribution is -2.51. The number of ether oxygens (including phenoxy) is 1. The van der Waals surface area contributed by atoms with Gasteiger partial charge in [-0.05, 0) is 26.2 Å². The summed E-state index contributed by atoms with van der Waals surface area (Å²) in [4.78, 5) is 57.5. The Labute approximate surface area is 169 Å². The van der Waals surface area contributed by atoms with Crippen molar-refractivity contribution in [2.24, 2.45) is 5.73 Å². The zero-order chi connectivity index (χ0) is 22.0. The molecule has 0 aromatic carbocycles. The van der Waals surface area contributed by atoms with E-state index in [1.807, 2.05) is 0 Å². The molecule has 0 saturated heterocycles. The van der Waals surface area contributed by atoms with Crippen LogP contribution in [0.15, 0.2) is 0 Å². The van der Waals surface area contributed by atoms with E-state index in [9.17, 15) is 24.0 Å². The minimum Gasteiger partial charge on any atom is -0.480 e. The first kappa shape index (κ1) is 24.3. The molecule has 29 heavy (non-hydrogen) atoms. The summed E-state index contributed by atoms with van der Waals surface area (Å²) in [6.45, 7) is 2.54. The smallest absolute Gasteiger partial charge is 0.326 e. The summed E-state index contributed by atoms with van der Waals surface area (Å²) >= 11 is 0. The van der Waals surface area contributed by atoms with Crippen LogP contribution in [0.3, 0.4) is 0 Å². The summed E-state index contributed by atoms with van der Waals surface area (Å²) in [6, 6.07) is -2.44. The zero-order valence-corrected chi connectivity index (χ0v) is 16.7. The Morgan fingerprint density at radius 3 is 2.38 bits per heavy atom. The Morgan fingerprint density at radius 2 is 1.79 bits per heavy atom. The number of carboxylic acid groups (broad SMARTS) is 1. The van der Waals surface area contributed by atoms with Crippen molar-refractivity contribution >= 4 is 29.6 Å². The van der Waals surface area contributed by atoms with Crippen molar-refractivity contribution in [1.29, 1.82) is 0 Å². The molecule has 0 bridgehead atoms. The van der Waals surface area contributed by atoms with E-state index in [2.05, 4.69) is 16.0 Å². The fourth-order valence-electron chi connectivity index (χ4n) is 3.09. The molecule has 1 aliphatic rings. The van der Waals surface area contributed by atoms with Crippen LogP contribution in [0, 0.1) is 0 Å². The molecule has 11 nitrogen and oxygen atoms in total. The second kappa shape index (κ2) is 12.0. The topological polar surface area (TPSA) is 177 Å². The molecule has 11 heteroatoms. The highest BCUT2D eigenvalue weighted by Gasteiger charge is 2.28. The molecule has 0 unspecified atom stereocenters. The molecular formula is C18H30N4O7. The number of hydrogen-bond acceptors (Lipinski definition) is 6. The minimum absolute atomic E-state index is 0.146. The quantitative estimate of drug-likeness (QED) is 0.281. The van der Waals surface area contributed by atoms with Gasteiger partial charge in [0, 0.05) is 13.3 Å². The summed E-state index contributed by atoms with van der Waals surface area (Å²) in [5.41, 5.74) is 4.99. The fourth-order valence-corrected chi connectivity index (χ4v) is 3.09. The number of amides is 4. The van der Waals surface area contributed by atoms with Crippen molar-refractivity contribution in [2.75, 3.05) is 6.61 Å². The molecular weight excluding hydrogens is 384 g/mol. The van der Waals surface area contributed by atoms with Crippen LogP contribution in [0.2, 0.25) is 0 Å². The van der Waals surface area contributed by atoms with Crippen LogP contribution in [0.5, 0.6) is 0 Å². The molecule has 6 N–H and O–H groups in total. The number of primary amides is 1. The molecule has 0 spiro atoms. The minimum atomic E-state index is -1.30. The van der Waals surface area contributed by atoms with Gasteiger partial charge in [0.05, 0.1) is 12.1 Å². The van der Waals surface area contributed by atoms with E-state index in [0.29, 0.717) is 6.42 Å². The van der Waals surface area contributed by atoms with Crippen molar-refractivity contribution < 1.29 is 33.8 Å². The van der Waals surface area contributed by atoms with Crippen molar-refractivity contribution in [2.45, 2.75) is 76.6 Å². The van der Waals surface area contributed by atoms with Gasteiger partial charge in [-0.15, -0.1) is 0 Å². The summed E-state index contributed by atoms with van der Waals surface area (Å²) in [6.07, 6.45) is 2.76. The maximum Gasteiger partial charge on any atom is 0.326 e. The second-order valence-electron chi connectivity index (χ2n) is 7.13. The second-order valence-corrected chi connectivity index (χ2v) is 7.13. The normalized spacial score (nSPS) is 20.8. The van der Waals surface area contributed by atoms with E-state index in [1.54, 1.807) is 0 Å². The van der Waals surface area contributed by atoms with E-state index in [1.165, 1.54) is 13.8 Å². The lowest BCUT2D eigenvalue weighted by Gasteiger charge is -2.31. The Bertz CT molecular complexity index is 625. The van der Waals surface area contributed by atoms with Gasteiger partial charge < -0.3 is 31.5 Å². The SMILES string of the molecule is CC(=O)N[C@H]1CCCC[C@@H]1OCC(=O)N[C@@H](C)C(=O)N[C@H](CCC(N)=O)C(=O)O. The summed E-state index contributed by atoms with van der Waals surface area (Å²) in [7, 11) is 0. The zero-order valence-electron chi connectivity index (χ0n) is 16.7. The molecule has 1 rings (SSSR count). The van der Waals surface area contributed by atoms with Crippen molar-refractivity contribution in [3.05, 3.63) is 0 Å². The van der Waals surface area contributed by atoms with Gasteiger partial charge in [-0.3, -0.25) is 19.2 Å². The summed E-state index contributed by atoms with van der Waals surface area (Å²) < 4.78 is 5.62. The fraction of sp³-hybridized carbons (Fsp3) is 0.722. The number of carbonyl (C=O) groups is 5. The van der Waals surface area contributed by atoms with Crippen LogP contribution in [-0.4, -0.2) is 65.5 Å². The Morgan fingerprint density at radius 1 is 1.14 bits per heavy atom. The average molecular weight is 414 g/mol. The molecule has 0 aromatic rings. The van der Waals surface area contributed by atoms with Gasteiger partial charge in [0.2, 0.25) is 23.6 Å². The molecule has 164 valence electrons. The van der Waals surface area contributed by atoms with Crippen molar-refractivity contribution in [1.82, 2.24) is 16.0 Å². The molecule has 4 atom stereocenters. The van der Waals surface area contributed by atoms with E-state index in [-0.39, 0.29) is 37.5 Å². The third-order valence-corrected chi connectivity index (χ3v) is 4.58. The summed E-state index contributed by atoms with van der Waals surface area (Å²) in [5, 5.41) is 16.6. The molecule has 1 aliphatic carbocycles. The van der Waals surface area contributed by atoms with E-state index in [4.69, 9.17) is 15.6 Å². The molecule has 0 aliphatic heterocycles. The van der Waals surface area contributed by atoms with Crippen LogP contribution < -0.4 is 21.7 Å². The highest BCUT2D eigenvalue weighted by Crippen LogP contribution is 2.21. The van der Waals surface area contributed by atoms with Gasteiger partial charge in [0.25, 0.3) is 0 Å². The van der Waals surface area contributed by atoms with Crippen LogP contribution in [0.4, 0.5) is 0 Å². The number of nitrogens with one attached hydrogen (secondary N) is 3. The Balaban J connectivity index is 2.47. The van der Waals surface area contributed by atoms with Gasteiger partial charge in [0.1, 0.15) is 18.7 Å². The Kier molecular flexibility index (Phi) is 10.1. The van der Waals surface area contributed by atoms with Crippen LogP contribution in [0.1, 0.15) is 52.4 Å². The van der Waals surface area contributed by atoms with Gasteiger partial charge >= 0.3 is 5.97 Å². The first-order valence-electron chi connectivity index (χ1n) is 9.59. The van der Waals surface area contributed by atoms with Gasteiger partial charge in [0.15, 0.2) is 0 Å². The van der Waals surface area contributed by atoms with Crippen LogP contribution in [-0.2, 0) is 28.7 Å². The average Bonchev–Trinajstić information content (AvgIpc) is 2.63. The monoisotopic (exact) mass is 414 g/mol. The molecule has 0 heterocycles. The van der Waals surface area contributed by atoms with Gasteiger partial charge in [-0.2, -0.15) is 0 Å². The van der Waals surface area contributed by atoms with Crippen LogP contribution in [0.25, 0.3) is 0 Å². The maximum atomic E-state index is 12.1. The standard InChI is InChI=1S/C18H30N4O7/c1-10(17(26)22-13(18(27)28)7-8-15(19)24)20-16(25)9-29-14-6-4-3-5-12(14)21-11(2)23/h10,12-14H,3-9H2,1-2H3,(H2,19,24)(H,20,25)(H,21,23)(H,22,26)(H,27,28)/t10-,12-,13+,14-/m0/s1. The predicted octanol–water partition coefficient (Wildman–Crippen LogP) is -1.21. The molecule has 4 amide bonds. The van der Waals surface area contributed by atoms with Crippen molar-refractivity contribution in [3.63, 3.8) is 0 Å². The van der Waals surface area contributed by atoms with Gasteiger partial charge in [-0.1, -0.05) is 12.8 Å². The van der Waals surface area contributed by atoms with Crippen molar-refractivity contribution in [3.8, 4) is 0 Å². The first-order valence-corrected chi connectivity index (χ1v) is 9.59. The highest BCUT2D eigenvalue weighted by molar-refractivity contribution is 5.90. The summed E-state index contributed by atoms with van der Waals surface area (Å²) in [5.74, 6) is -3.38. The Hall–Kier alpha value is -2.69. The van der Waals surface area contributed by atoms with Gasteiger partial charge in [-0.25, -0.2) is 4.79 Å². The molecule has 1 fully saturated rings. The molecule has 0 aromatic heterocycles. The first-order chi connectivity index (χ1) is 13.6. The lowest BCUT2D eigenvalue weighted by molar-refractivity contribution is -0.142. The highest BCUT2D eigenvalue weighted by atomic mass is 16.5. The number of carboxylic acids is 1. The number of aliphatic carboxylic acids is 1. The van der Waals surface area contributed by atoms with E-state index < -0.39 is 35.8 Å². The van der Waals surface area contributed by atoms with E-state index >= 15 is 0 Å². The predicted molar refractivity (Wildman–Crippen MR) is 101 cm³/mol. The number of hydrogen-bond donors (Lipinski definition) is 5. The third-order valence-electron chi connectivity index (χ3n) is 4.58. The van der Waals surface area contributed by atoms with Crippen LogP contribution >= 0.6 is 0 Å². The largest absolute Gasteiger partial charge is 0.480 e.